The van der Waals surface area contributed by atoms with Gasteiger partial charge in [-0.2, -0.15) is 0 Å². The van der Waals surface area contributed by atoms with Crippen LogP contribution in [0.2, 0.25) is 0 Å². The Morgan fingerprint density at radius 3 is 2.85 bits per heavy atom. The Labute approximate surface area is 158 Å². The van der Waals surface area contributed by atoms with Crippen molar-refractivity contribution in [3.63, 3.8) is 0 Å². The molecule has 0 amide bonds. The second-order valence-electron chi connectivity index (χ2n) is 6.84. The molecule has 0 spiro atoms. The van der Waals surface area contributed by atoms with Crippen LogP contribution in [0.25, 0.3) is 5.57 Å². The third-order valence-electron chi connectivity index (χ3n) is 5.03. The summed E-state index contributed by atoms with van der Waals surface area (Å²) < 4.78 is 5.79. The van der Waals surface area contributed by atoms with Crippen LogP contribution in [0, 0.1) is 17.7 Å². The van der Waals surface area contributed by atoms with Crippen molar-refractivity contribution in [3.8, 4) is 0 Å². The smallest absolute Gasteiger partial charge is 0.133 e. The van der Waals surface area contributed by atoms with Gasteiger partial charge in [-0.05, 0) is 49.8 Å². The van der Waals surface area contributed by atoms with Crippen LogP contribution in [0.5, 0.6) is 0 Å². The maximum Gasteiger partial charge on any atom is 0.133 e. The minimum atomic E-state index is 0.242. The van der Waals surface area contributed by atoms with E-state index in [9.17, 15) is 0 Å². The van der Waals surface area contributed by atoms with Crippen LogP contribution < -0.4 is 4.90 Å². The second kappa shape index (κ2) is 6.82. The lowest BCUT2D eigenvalue weighted by Gasteiger charge is -2.20. The van der Waals surface area contributed by atoms with E-state index in [1.807, 2.05) is 0 Å². The monoisotopic (exact) mass is 365 g/mol. The molecule has 26 heavy (non-hydrogen) atoms. The van der Waals surface area contributed by atoms with Gasteiger partial charge < -0.3 is 4.74 Å². The lowest BCUT2D eigenvalue weighted by molar-refractivity contribution is 0.160. The van der Waals surface area contributed by atoms with Gasteiger partial charge in [0.1, 0.15) is 23.3 Å². The first kappa shape index (κ1) is 17.2. The summed E-state index contributed by atoms with van der Waals surface area (Å²) in [7, 11) is 0. The minimum absolute atomic E-state index is 0.242. The van der Waals surface area contributed by atoms with Gasteiger partial charge in [-0.25, -0.2) is 0 Å². The SMILES string of the molecule is CC(=N)N1C(=N)COCc2c1sc(C)c2C1=CCCCc2ccccc21. The number of anilines is 1. The number of fused-ring (bicyclic) bond motifs is 2. The quantitative estimate of drug-likeness (QED) is 0.543. The average molecular weight is 366 g/mol. The zero-order valence-electron chi connectivity index (χ0n) is 15.2. The molecule has 134 valence electrons. The molecule has 0 bridgehead atoms. The number of allylic oxidation sites excluding steroid dienone is 1. The number of amidine groups is 2. The predicted octanol–water partition coefficient (Wildman–Crippen LogP) is 5.14. The van der Waals surface area contributed by atoms with Crippen LogP contribution in [0.4, 0.5) is 5.00 Å². The van der Waals surface area contributed by atoms with Crippen LogP contribution in [-0.4, -0.2) is 18.3 Å². The number of ether oxygens (including phenoxy) is 1. The van der Waals surface area contributed by atoms with Gasteiger partial charge in [-0.15, -0.1) is 11.3 Å². The van der Waals surface area contributed by atoms with Crippen LogP contribution in [0.3, 0.4) is 0 Å². The highest BCUT2D eigenvalue weighted by Crippen LogP contribution is 2.44. The molecule has 4 nitrogen and oxygen atoms in total. The van der Waals surface area contributed by atoms with Crippen molar-refractivity contribution in [2.45, 2.75) is 39.7 Å². The lowest BCUT2D eigenvalue weighted by Crippen LogP contribution is -2.35. The minimum Gasteiger partial charge on any atom is -0.369 e. The Morgan fingerprint density at radius 1 is 1.23 bits per heavy atom. The number of hydrogen-bond donors (Lipinski definition) is 2. The first-order chi connectivity index (χ1) is 12.6. The molecule has 1 aliphatic heterocycles. The van der Waals surface area contributed by atoms with Gasteiger partial charge in [0.2, 0.25) is 0 Å². The Hall–Kier alpha value is -2.24. The van der Waals surface area contributed by atoms with Gasteiger partial charge in [0.25, 0.3) is 0 Å². The van der Waals surface area contributed by atoms with Crippen LogP contribution in [0.1, 0.15) is 46.9 Å². The molecule has 2 aromatic rings. The number of nitrogens with one attached hydrogen (secondary N) is 2. The molecule has 1 aromatic heterocycles. The van der Waals surface area contributed by atoms with E-state index in [1.165, 1.54) is 33.6 Å². The third kappa shape index (κ3) is 2.81. The lowest BCUT2D eigenvalue weighted by atomic mass is 9.92. The standard InChI is InChI=1S/C21H23N3OS/c1-13-20(17-10-6-4-8-15-7-3-5-9-16(15)17)18-11-25-12-19(23)24(14(2)22)21(18)26-13/h3,5,7,9-10,22-23H,4,6,8,11-12H2,1-2H3. The summed E-state index contributed by atoms with van der Waals surface area (Å²) in [5.41, 5.74) is 6.35. The molecular formula is C21H23N3OS. The van der Waals surface area contributed by atoms with E-state index in [0.717, 1.165) is 23.4 Å². The number of rotatable bonds is 1. The van der Waals surface area contributed by atoms with Gasteiger partial charge in [0.15, 0.2) is 0 Å². The summed E-state index contributed by atoms with van der Waals surface area (Å²) >= 11 is 1.67. The normalized spacial score (nSPS) is 17.1. The van der Waals surface area contributed by atoms with E-state index in [0.29, 0.717) is 18.3 Å². The number of nitrogens with zero attached hydrogens (tertiary/aromatic N) is 1. The van der Waals surface area contributed by atoms with E-state index >= 15 is 0 Å². The predicted molar refractivity (Wildman–Crippen MR) is 109 cm³/mol. The molecule has 1 aromatic carbocycles. The first-order valence-corrected chi connectivity index (χ1v) is 9.81. The molecule has 2 heterocycles. The Balaban J connectivity index is 1.92. The van der Waals surface area contributed by atoms with Crippen molar-refractivity contribution >= 4 is 33.6 Å². The van der Waals surface area contributed by atoms with E-state index in [1.54, 1.807) is 23.2 Å². The molecule has 2 aliphatic rings. The van der Waals surface area contributed by atoms with Gasteiger partial charge >= 0.3 is 0 Å². The summed E-state index contributed by atoms with van der Waals surface area (Å²) in [5.74, 6) is 0.698. The number of thiophene rings is 1. The molecule has 2 N–H and O–H groups in total. The molecular weight excluding hydrogens is 342 g/mol. The topological polar surface area (TPSA) is 60.2 Å². The zero-order valence-corrected chi connectivity index (χ0v) is 16.0. The van der Waals surface area contributed by atoms with Crippen molar-refractivity contribution in [2.75, 3.05) is 11.5 Å². The van der Waals surface area contributed by atoms with E-state index < -0.39 is 0 Å². The summed E-state index contributed by atoms with van der Waals surface area (Å²) in [6, 6.07) is 8.68. The molecule has 0 atom stereocenters. The van der Waals surface area contributed by atoms with Crippen LogP contribution in [0.15, 0.2) is 30.3 Å². The fourth-order valence-corrected chi connectivity index (χ4v) is 5.17. The summed E-state index contributed by atoms with van der Waals surface area (Å²) in [6.07, 6.45) is 5.70. The number of aryl methyl sites for hydroxylation is 2. The van der Waals surface area contributed by atoms with Gasteiger partial charge in [-0.3, -0.25) is 15.7 Å². The first-order valence-electron chi connectivity index (χ1n) is 8.99. The van der Waals surface area contributed by atoms with Crippen LogP contribution in [-0.2, 0) is 17.8 Å². The van der Waals surface area contributed by atoms with Crippen molar-refractivity contribution in [1.29, 1.82) is 10.8 Å². The van der Waals surface area contributed by atoms with E-state index in [2.05, 4.69) is 37.3 Å². The van der Waals surface area contributed by atoms with Crippen molar-refractivity contribution in [2.24, 2.45) is 0 Å². The molecule has 1 aliphatic carbocycles. The largest absolute Gasteiger partial charge is 0.369 e. The van der Waals surface area contributed by atoms with E-state index in [-0.39, 0.29) is 6.61 Å². The maximum absolute atomic E-state index is 8.28. The highest BCUT2D eigenvalue weighted by molar-refractivity contribution is 7.17. The van der Waals surface area contributed by atoms with Gasteiger partial charge in [-0.1, -0.05) is 30.3 Å². The number of benzene rings is 1. The molecule has 4 rings (SSSR count). The second-order valence-corrected chi connectivity index (χ2v) is 8.05. The van der Waals surface area contributed by atoms with Crippen molar-refractivity contribution in [1.82, 2.24) is 0 Å². The third-order valence-corrected chi connectivity index (χ3v) is 6.16. The molecule has 0 radical (unpaired) electrons. The fourth-order valence-electron chi connectivity index (χ4n) is 3.92. The summed E-state index contributed by atoms with van der Waals surface area (Å²) in [6.45, 7) is 4.61. The molecule has 0 saturated heterocycles. The molecule has 0 fully saturated rings. The molecule has 0 saturated carbocycles. The highest BCUT2D eigenvalue weighted by atomic mass is 32.1. The molecule has 0 unspecified atom stereocenters. The number of hydrogen-bond acceptors (Lipinski definition) is 4. The van der Waals surface area contributed by atoms with Gasteiger partial charge in [0, 0.05) is 16.0 Å². The van der Waals surface area contributed by atoms with Gasteiger partial charge in [0.05, 0.1) is 6.61 Å². The van der Waals surface area contributed by atoms with Crippen LogP contribution >= 0.6 is 11.3 Å². The Bertz CT molecular complexity index is 925. The maximum atomic E-state index is 8.28. The zero-order chi connectivity index (χ0) is 18.3. The molecule has 5 heteroatoms. The van der Waals surface area contributed by atoms with Crippen molar-refractivity contribution < 1.29 is 4.74 Å². The Kier molecular flexibility index (Phi) is 4.51. The summed E-state index contributed by atoms with van der Waals surface area (Å²) in [5, 5.41) is 17.4. The average Bonchev–Trinajstić information content (AvgIpc) is 2.77. The van der Waals surface area contributed by atoms with E-state index in [4.69, 9.17) is 15.6 Å². The Morgan fingerprint density at radius 2 is 2.04 bits per heavy atom. The fraction of sp³-hybridized carbons (Fsp3) is 0.333. The van der Waals surface area contributed by atoms with Crippen molar-refractivity contribution in [3.05, 3.63) is 57.5 Å². The summed E-state index contributed by atoms with van der Waals surface area (Å²) in [4.78, 5) is 2.95. The highest BCUT2D eigenvalue weighted by Gasteiger charge is 2.29.